The molecule has 2 aromatic carbocycles. The Labute approximate surface area is 145 Å². The Bertz CT molecular complexity index is 721. The second-order valence-electron chi connectivity index (χ2n) is 5.95. The Kier molecular flexibility index (Phi) is 5.63. The van der Waals surface area contributed by atoms with Gasteiger partial charge in [-0.2, -0.15) is 0 Å². The molecule has 0 bridgehead atoms. The minimum atomic E-state index is -0.453. The minimum Gasteiger partial charge on any atom is -0.489 e. The molecule has 1 aliphatic rings. The van der Waals surface area contributed by atoms with Gasteiger partial charge < -0.3 is 20.5 Å². The summed E-state index contributed by atoms with van der Waals surface area (Å²) >= 11 is 0. The molecule has 0 spiro atoms. The van der Waals surface area contributed by atoms with Crippen molar-refractivity contribution in [3.8, 4) is 5.75 Å². The van der Waals surface area contributed by atoms with Crippen molar-refractivity contribution < 1.29 is 18.7 Å². The Morgan fingerprint density at radius 2 is 1.96 bits per heavy atom. The molecule has 3 rings (SSSR count). The standard InChI is InChI=1S/C19H21FN2O3/c20-17-4-2-1-3-13(17)12-24-15-7-5-14(6-8-15)22-19(23)18-10-9-16(11-21)25-18/h1-8,16,18H,9-12,21H2,(H,22,23)/t16-,18+/m1/s1. The van der Waals surface area contributed by atoms with Gasteiger partial charge in [-0.15, -0.1) is 0 Å². The Balaban J connectivity index is 1.52. The van der Waals surface area contributed by atoms with E-state index in [4.69, 9.17) is 15.2 Å². The smallest absolute Gasteiger partial charge is 0.253 e. The van der Waals surface area contributed by atoms with Crippen LogP contribution in [0.15, 0.2) is 48.5 Å². The summed E-state index contributed by atoms with van der Waals surface area (Å²) in [7, 11) is 0. The zero-order valence-corrected chi connectivity index (χ0v) is 13.8. The molecule has 1 fully saturated rings. The zero-order valence-electron chi connectivity index (χ0n) is 13.8. The molecule has 25 heavy (non-hydrogen) atoms. The maximum absolute atomic E-state index is 13.6. The summed E-state index contributed by atoms with van der Waals surface area (Å²) in [4.78, 5) is 12.2. The van der Waals surface area contributed by atoms with Crippen molar-refractivity contribution in [1.29, 1.82) is 0 Å². The topological polar surface area (TPSA) is 73.6 Å². The van der Waals surface area contributed by atoms with E-state index in [2.05, 4.69) is 5.32 Å². The van der Waals surface area contributed by atoms with E-state index in [0.717, 1.165) is 6.42 Å². The van der Waals surface area contributed by atoms with Crippen LogP contribution in [0.3, 0.4) is 0 Å². The van der Waals surface area contributed by atoms with Crippen molar-refractivity contribution in [2.24, 2.45) is 5.73 Å². The molecule has 5 nitrogen and oxygen atoms in total. The average molecular weight is 344 g/mol. The van der Waals surface area contributed by atoms with E-state index in [0.29, 0.717) is 30.0 Å². The van der Waals surface area contributed by atoms with Crippen LogP contribution in [0.1, 0.15) is 18.4 Å². The van der Waals surface area contributed by atoms with Crippen molar-refractivity contribution in [3.05, 3.63) is 59.9 Å². The van der Waals surface area contributed by atoms with E-state index in [1.165, 1.54) is 6.07 Å². The van der Waals surface area contributed by atoms with Crippen LogP contribution in [0.4, 0.5) is 10.1 Å². The number of hydrogen-bond acceptors (Lipinski definition) is 4. The second-order valence-corrected chi connectivity index (χ2v) is 5.95. The molecule has 1 saturated heterocycles. The van der Waals surface area contributed by atoms with Gasteiger partial charge in [-0.05, 0) is 43.2 Å². The molecular formula is C19H21FN2O3. The van der Waals surface area contributed by atoms with Crippen LogP contribution < -0.4 is 15.8 Å². The highest BCUT2D eigenvalue weighted by atomic mass is 19.1. The average Bonchev–Trinajstić information content (AvgIpc) is 3.12. The molecule has 0 unspecified atom stereocenters. The summed E-state index contributed by atoms with van der Waals surface area (Å²) in [5.74, 6) is 0.135. The maximum atomic E-state index is 13.6. The predicted molar refractivity (Wildman–Crippen MR) is 92.8 cm³/mol. The molecule has 1 aliphatic heterocycles. The molecule has 0 aliphatic carbocycles. The van der Waals surface area contributed by atoms with Gasteiger partial charge in [0.1, 0.15) is 24.3 Å². The van der Waals surface area contributed by atoms with E-state index < -0.39 is 6.10 Å². The Morgan fingerprint density at radius 3 is 2.64 bits per heavy atom. The van der Waals surface area contributed by atoms with Gasteiger partial charge in [0, 0.05) is 17.8 Å². The molecule has 132 valence electrons. The number of anilines is 1. The molecule has 3 N–H and O–H groups in total. The minimum absolute atomic E-state index is 0.0371. The SMILES string of the molecule is NC[C@H]1CC[C@@H](C(=O)Nc2ccc(OCc3ccccc3F)cc2)O1. The van der Waals surface area contributed by atoms with Crippen molar-refractivity contribution in [2.45, 2.75) is 31.7 Å². The number of halogens is 1. The van der Waals surface area contributed by atoms with E-state index in [1.54, 1.807) is 42.5 Å². The Morgan fingerprint density at radius 1 is 1.20 bits per heavy atom. The zero-order chi connectivity index (χ0) is 17.6. The lowest BCUT2D eigenvalue weighted by molar-refractivity contribution is -0.126. The van der Waals surface area contributed by atoms with Gasteiger partial charge in [0.05, 0.1) is 6.10 Å². The fourth-order valence-electron chi connectivity index (χ4n) is 2.71. The predicted octanol–water partition coefficient (Wildman–Crippen LogP) is 2.85. The third kappa shape index (κ3) is 4.55. The van der Waals surface area contributed by atoms with Gasteiger partial charge >= 0.3 is 0 Å². The van der Waals surface area contributed by atoms with E-state index in [9.17, 15) is 9.18 Å². The fourth-order valence-corrected chi connectivity index (χ4v) is 2.71. The normalized spacial score (nSPS) is 19.6. The highest BCUT2D eigenvalue weighted by Crippen LogP contribution is 2.22. The number of carbonyl (C=O) groups is 1. The molecule has 0 aromatic heterocycles. The lowest BCUT2D eigenvalue weighted by atomic mass is 10.2. The van der Waals surface area contributed by atoms with Crippen LogP contribution in [0.5, 0.6) is 5.75 Å². The van der Waals surface area contributed by atoms with E-state index in [1.807, 2.05) is 0 Å². The van der Waals surface area contributed by atoms with E-state index >= 15 is 0 Å². The number of ether oxygens (including phenoxy) is 2. The summed E-state index contributed by atoms with van der Waals surface area (Å²) in [6.45, 7) is 0.576. The molecule has 1 amide bonds. The first kappa shape index (κ1) is 17.4. The summed E-state index contributed by atoms with van der Waals surface area (Å²) < 4.78 is 24.7. The summed E-state index contributed by atoms with van der Waals surface area (Å²) in [6.07, 6.45) is 0.991. The number of amides is 1. The van der Waals surface area contributed by atoms with Gasteiger partial charge in [-0.1, -0.05) is 18.2 Å². The first-order chi connectivity index (χ1) is 12.2. The maximum Gasteiger partial charge on any atom is 0.253 e. The fraction of sp³-hybridized carbons (Fsp3) is 0.316. The molecule has 0 radical (unpaired) electrons. The van der Waals surface area contributed by atoms with E-state index in [-0.39, 0.29) is 24.4 Å². The third-order valence-electron chi connectivity index (χ3n) is 4.14. The van der Waals surface area contributed by atoms with Gasteiger partial charge in [0.2, 0.25) is 0 Å². The summed E-state index contributed by atoms with van der Waals surface area (Å²) in [5.41, 5.74) is 6.70. The highest BCUT2D eigenvalue weighted by Gasteiger charge is 2.29. The lowest BCUT2D eigenvalue weighted by Crippen LogP contribution is -2.29. The number of nitrogens with two attached hydrogens (primary N) is 1. The molecule has 0 saturated carbocycles. The van der Waals surface area contributed by atoms with Crippen molar-refractivity contribution in [1.82, 2.24) is 0 Å². The Hall–Kier alpha value is -2.44. The second kappa shape index (κ2) is 8.09. The van der Waals surface area contributed by atoms with Crippen molar-refractivity contribution in [3.63, 3.8) is 0 Å². The van der Waals surface area contributed by atoms with Gasteiger partial charge in [-0.3, -0.25) is 4.79 Å². The monoisotopic (exact) mass is 344 g/mol. The first-order valence-electron chi connectivity index (χ1n) is 8.28. The summed E-state index contributed by atoms with van der Waals surface area (Å²) in [5, 5.41) is 2.82. The van der Waals surface area contributed by atoms with Crippen molar-refractivity contribution in [2.75, 3.05) is 11.9 Å². The number of benzene rings is 2. The van der Waals surface area contributed by atoms with Crippen LogP contribution in [-0.4, -0.2) is 24.7 Å². The lowest BCUT2D eigenvalue weighted by Gasteiger charge is -2.13. The molecule has 2 aromatic rings. The number of carbonyl (C=O) groups excluding carboxylic acids is 1. The van der Waals surface area contributed by atoms with Gasteiger partial charge in [0.25, 0.3) is 5.91 Å². The molecule has 2 atom stereocenters. The number of nitrogens with one attached hydrogen (secondary N) is 1. The van der Waals surface area contributed by atoms with Gasteiger partial charge in [-0.25, -0.2) is 4.39 Å². The highest BCUT2D eigenvalue weighted by molar-refractivity contribution is 5.94. The van der Waals surface area contributed by atoms with Crippen molar-refractivity contribution >= 4 is 11.6 Å². The largest absolute Gasteiger partial charge is 0.489 e. The third-order valence-corrected chi connectivity index (χ3v) is 4.14. The molecular weight excluding hydrogens is 323 g/mol. The number of rotatable bonds is 6. The van der Waals surface area contributed by atoms with Crippen LogP contribution in [-0.2, 0) is 16.1 Å². The first-order valence-corrected chi connectivity index (χ1v) is 8.28. The quantitative estimate of drug-likeness (QED) is 0.845. The van der Waals surface area contributed by atoms with Crippen LogP contribution in [0.2, 0.25) is 0 Å². The van der Waals surface area contributed by atoms with Crippen LogP contribution >= 0.6 is 0 Å². The van der Waals surface area contributed by atoms with Crippen LogP contribution in [0, 0.1) is 5.82 Å². The molecule has 6 heteroatoms. The van der Waals surface area contributed by atoms with Crippen LogP contribution in [0.25, 0.3) is 0 Å². The molecule has 1 heterocycles. The van der Waals surface area contributed by atoms with Gasteiger partial charge in [0.15, 0.2) is 0 Å². The summed E-state index contributed by atoms with van der Waals surface area (Å²) in [6, 6.07) is 13.4. The number of hydrogen-bond donors (Lipinski definition) is 2.